The van der Waals surface area contributed by atoms with Gasteiger partial charge in [0, 0.05) is 25.2 Å². The van der Waals surface area contributed by atoms with Crippen molar-refractivity contribution in [3.05, 3.63) is 52.8 Å². The van der Waals surface area contributed by atoms with Crippen LogP contribution < -0.4 is 0 Å². The number of aromatic nitrogens is 2. The summed E-state index contributed by atoms with van der Waals surface area (Å²) in [6.45, 7) is 6.77. The Morgan fingerprint density at radius 3 is 2.52 bits per heavy atom. The minimum atomic E-state index is -0.316. The molecule has 2 heterocycles. The van der Waals surface area contributed by atoms with Gasteiger partial charge in [0.05, 0.1) is 11.6 Å². The van der Waals surface area contributed by atoms with Gasteiger partial charge >= 0.3 is 0 Å². The van der Waals surface area contributed by atoms with Gasteiger partial charge in [-0.15, -0.1) is 0 Å². The maximum atomic E-state index is 12.7. The average Bonchev–Trinajstić information content (AvgIpc) is 3.03. The second-order valence-electron chi connectivity index (χ2n) is 6.21. The largest absolute Gasteiger partial charge is 0.338 e. The highest BCUT2D eigenvalue weighted by atomic mass is 16.2. The third-order valence-electron chi connectivity index (χ3n) is 4.64. The van der Waals surface area contributed by atoms with Crippen molar-refractivity contribution in [3.63, 3.8) is 0 Å². The number of rotatable bonds is 3. The van der Waals surface area contributed by atoms with Crippen LogP contribution in [0.3, 0.4) is 0 Å². The maximum absolute atomic E-state index is 12.7. The highest BCUT2D eigenvalue weighted by Crippen LogP contribution is 2.23. The predicted molar refractivity (Wildman–Crippen MR) is 87.0 cm³/mol. The second-order valence-corrected chi connectivity index (χ2v) is 6.21. The van der Waals surface area contributed by atoms with Gasteiger partial charge in [-0.3, -0.25) is 9.59 Å². The summed E-state index contributed by atoms with van der Waals surface area (Å²) < 4.78 is 1.47. The van der Waals surface area contributed by atoms with E-state index >= 15 is 0 Å². The van der Waals surface area contributed by atoms with Crippen LogP contribution in [-0.4, -0.2) is 33.0 Å². The molecule has 3 rings (SSSR count). The highest BCUT2D eigenvalue weighted by molar-refractivity contribution is 5.90. The monoisotopic (exact) mass is 311 g/mol. The molecule has 0 spiro atoms. The number of hydrogen-bond acceptors (Lipinski definition) is 3. The Kier molecular flexibility index (Phi) is 4.03. The SMILES string of the molecule is Cc1nn(C(=O)C2CC(=O)N(Cc3ccccc3)C2)c(C)c1C. The number of carbonyl (C=O) groups excluding carboxylic acids is 2. The third-order valence-corrected chi connectivity index (χ3v) is 4.64. The van der Waals surface area contributed by atoms with E-state index in [0.717, 1.165) is 22.5 Å². The molecule has 1 aliphatic heterocycles. The summed E-state index contributed by atoms with van der Waals surface area (Å²) in [6, 6.07) is 9.85. The number of benzene rings is 1. The molecule has 5 heteroatoms. The Labute approximate surface area is 135 Å². The van der Waals surface area contributed by atoms with Gasteiger partial charge in [0.2, 0.25) is 5.91 Å². The topological polar surface area (TPSA) is 55.2 Å². The molecule has 1 aromatic heterocycles. The van der Waals surface area contributed by atoms with Gasteiger partial charge in [-0.1, -0.05) is 30.3 Å². The lowest BCUT2D eigenvalue weighted by Crippen LogP contribution is -2.28. The number of nitrogens with zero attached hydrogens (tertiary/aromatic N) is 3. The van der Waals surface area contributed by atoms with Crippen LogP contribution in [0.5, 0.6) is 0 Å². The molecular weight excluding hydrogens is 290 g/mol. The van der Waals surface area contributed by atoms with Crippen molar-refractivity contribution >= 4 is 11.8 Å². The predicted octanol–water partition coefficient (Wildman–Crippen LogP) is 2.50. The number of carbonyl (C=O) groups is 2. The molecule has 120 valence electrons. The summed E-state index contributed by atoms with van der Waals surface area (Å²) in [6.07, 6.45) is 0.267. The van der Waals surface area contributed by atoms with E-state index in [0.29, 0.717) is 13.1 Å². The molecule has 1 aromatic carbocycles. The smallest absolute Gasteiger partial charge is 0.252 e. The van der Waals surface area contributed by atoms with Crippen molar-refractivity contribution in [1.82, 2.24) is 14.7 Å². The summed E-state index contributed by atoms with van der Waals surface area (Å²) in [4.78, 5) is 26.7. The van der Waals surface area contributed by atoms with E-state index in [-0.39, 0.29) is 24.2 Å². The van der Waals surface area contributed by atoms with Crippen LogP contribution >= 0.6 is 0 Å². The molecule has 1 aliphatic rings. The fourth-order valence-electron chi connectivity index (χ4n) is 3.00. The molecule has 23 heavy (non-hydrogen) atoms. The maximum Gasteiger partial charge on any atom is 0.252 e. The first kappa shape index (κ1) is 15.5. The zero-order chi connectivity index (χ0) is 16.6. The first-order valence-corrected chi connectivity index (χ1v) is 7.86. The van der Waals surface area contributed by atoms with Crippen molar-refractivity contribution in [1.29, 1.82) is 0 Å². The third kappa shape index (κ3) is 2.91. The van der Waals surface area contributed by atoms with Gasteiger partial charge in [-0.05, 0) is 31.9 Å². The molecular formula is C18H21N3O2. The lowest BCUT2D eigenvalue weighted by Gasteiger charge is -2.16. The van der Waals surface area contributed by atoms with E-state index in [9.17, 15) is 9.59 Å². The van der Waals surface area contributed by atoms with Crippen LogP contribution in [0.4, 0.5) is 0 Å². The average molecular weight is 311 g/mol. The zero-order valence-electron chi connectivity index (χ0n) is 13.7. The van der Waals surface area contributed by atoms with Gasteiger partial charge in [-0.2, -0.15) is 5.10 Å². The normalized spacial score (nSPS) is 17.8. The summed E-state index contributed by atoms with van der Waals surface area (Å²) in [7, 11) is 0. The van der Waals surface area contributed by atoms with E-state index in [2.05, 4.69) is 5.10 Å². The number of aryl methyl sites for hydroxylation is 1. The van der Waals surface area contributed by atoms with Crippen LogP contribution in [0.15, 0.2) is 30.3 Å². The van der Waals surface area contributed by atoms with E-state index in [1.54, 1.807) is 4.90 Å². The van der Waals surface area contributed by atoms with E-state index < -0.39 is 0 Å². The van der Waals surface area contributed by atoms with E-state index in [4.69, 9.17) is 0 Å². The van der Waals surface area contributed by atoms with Crippen molar-refractivity contribution in [2.75, 3.05) is 6.54 Å². The van der Waals surface area contributed by atoms with Gasteiger partial charge in [0.1, 0.15) is 0 Å². The Bertz CT molecular complexity index is 749. The molecule has 0 radical (unpaired) electrons. The standard InChI is InChI=1S/C18H21N3O2/c1-12-13(2)19-21(14(12)3)18(23)16-9-17(22)20(11-16)10-15-7-5-4-6-8-15/h4-8,16H,9-11H2,1-3H3. The van der Waals surface area contributed by atoms with Crippen LogP contribution in [0, 0.1) is 26.7 Å². The zero-order valence-corrected chi connectivity index (χ0v) is 13.7. The number of likely N-dealkylation sites (tertiary alicyclic amines) is 1. The first-order chi connectivity index (χ1) is 11.0. The molecule has 1 atom stereocenters. The van der Waals surface area contributed by atoms with Gasteiger partial charge in [0.15, 0.2) is 0 Å². The second kappa shape index (κ2) is 5.99. The highest BCUT2D eigenvalue weighted by Gasteiger charge is 2.36. The molecule has 1 fully saturated rings. The van der Waals surface area contributed by atoms with Crippen molar-refractivity contribution in [2.45, 2.75) is 33.7 Å². The van der Waals surface area contributed by atoms with Gasteiger partial charge in [0.25, 0.3) is 5.91 Å². The van der Waals surface area contributed by atoms with E-state index in [1.807, 2.05) is 51.1 Å². The molecule has 0 aliphatic carbocycles. The fraction of sp³-hybridized carbons (Fsp3) is 0.389. The van der Waals surface area contributed by atoms with Crippen LogP contribution in [0.2, 0.25) is 0 Å². The van der Waals surface area contributed by atoms with Gasteiger partial charge in [-0.25, -0.2) is 4.68 Å². The van der Waals surface area contributed by atoms with E-state index in [1.165, 1.54) is 4.68 Å². The van der Waals surface area contributed by atoms with Gasteiger partial charge < -0.3 is 4.90 Å². The Morgan fingerprint density at radius 2 is 1.91 bits per heavy atom. The summed E-state index contributed by atoms with van der Waals surface area (Å²) in [5.74, 6) is -0.364. The first-order valence-electron chi connectivity index (χ1n) is 7.86. The van der Waals surface area contributed by atoms with Crippen molar-refractivity contribution in [2.24, 2.45) is 5.92 Å². The molecule has 0 N–H and O–H groups in total. The van der Waals surface area contributed by atoms with Crippen LogP contribution in [0.1, 0.15) is 33.7 Å². The van der Waals surface area contributed by atoms with Crippen LogP contribution in [0.25, 0.3) is 0 Å². The Hall–Kier alpha value is -2.43. The quantitative estimate of drug-likeness (QED) is 0.875. The molecule has 1 amide bonds. The molecule has 0 bridgehead atoms. The molecule has 1 unspecified atom stereocenters. The molecule has 0 saturated carbocycles. The molecule has 2 aromatic rings. The summed E-state index contributed by atoms with van der Waals surface area (Å²) >= 11 is 0. The van der Waals surface area contributed by atoms with Crippen molar-refractivity contribution < 1.29 is 9.59 Å². The molecule has 5 nitrogen and oxygen atoms in total. The van der Waals surface area contributed by atoms with Crippen molar-refractivity contribution in [3.8, 4) is 0 Å². The number of hydrogen-bond donors (Lipinski definition) is 0. The Morgan fingerprint density at radius 1 is 1.22 bits per heavy atom. The van der Waals surface area contributed by atoms with Crippen LogP contribution in [-0.2, 0) is 11.3 Å². The fourth-order valence-corrected chi connectivity index (χ4v) is 3.00. The molecule has 1 saturated heterocycles. The summed E-state index contributed by atoms with van der Waals surface area (Å²) in [5.41, 5.74) is 3.84. The minimum Gasteiger partial charge on any atom is -0.338 e. The lowest BCUT2D eigenvalue weighted by atomic mass is 10.1. The summed E-state index contributed by atoms with van der Waals surface area (Å²) in [5, 5.41) is 4.33. The number of amides is 1. The Balaban J connectivity index is 1.74. The minimum absolute atomic E-state index is 0.0328. The lowest BCUT2D eigenvalue weighted by molar-refractivity contribution is -0.128.